The Morgan fingerprint density at radius 1 is 1.25 bits per heavy atom. The van der Waals surface area contributed by atoms with Crippen LogP contribution in [0.1, 0.15) is 25.5 Å². The highest BCUT2D eigenvalue weighted by atomic mass is 35.5. The maximum absolute atomic E-state index is 13.4. The largest absolute Gasteiger partial charge is 0.464 e. The zero-order valence-corrected chi connectivity index (χ0v) is 14.3. The zero-order chi connectivity index (χ0) is 18.1. The van der Waals surface area contributed by atoms with Crippen LogP contribution >= 0.6 is 23.2 Å². The number of rotatable bonds is 4. The van der Waals surface area contributed by atoms with Gasteiger partial charge in [-0.25, -0.2) is 4.79 Å². The van der Waals surface area contributed by atoms with Crippen LogP contribution < -0.4 is 0 Å². The van der Waals surface area contributed by atoms with Crippen molar-refractivity contribution in [2.75, 3.05) is 6.61 Å². The molecular weight excluding hydrogens is 366 g/mol. The van der Waals surface area contributed by atoms with E-state index >= 15 is 0 Å². The lowest BCUT2D eigenvalue weighted by molar-refractivity contribution is -0.147. The topological polar surface area (TPSA) is 31.2 Å². The van der Waals surface area contributed by atoms with Gasteiger partial charge in [-0.2, -0.15) is 13.2 Å². The normalized spacial score (nSPS) is 13.0. The number of carbonyl (C=O) groups is 1. The van der Waals surface area contributed by atoms with E-state index in [0.717, 1.165) is 10.8 Å². The molecule has 1 aromatic carbocycles. The number of aromatic nitrogens is 1. The number of nitrogens with zero attached hydrogens (tertiary/aromatic N) is 1. The molecule has 1 heterocycles. The molecule has 0 saturated carbocycles. The molecule has 1 atom stereocenters. The summed E-state index contributed by atoms with van der Waals surface area (Å²) in [6, 6.07) is 3.53. The number of ether oxygens (including phenoxy) is 1. The second-order valence-electron chi connectivity index (χ2n) is 5.06. The summed E-state index contributed by atoms with van der Waals surface area (Å²) in [5.41, 5.74) is -0.903. The Balaban J connectivity index is 2.59. The van der Waals surface area contributed by atoms with E-state index in [1.807, 2.05) is 0 Å². The molecule has 8 heteroatoms. The summed E-state index contributed by atoms with van der Waals surface area (Å²) in [5.74, 6) is -0.620. The first kappa shape index (κ1) is 18.7. The van der Waals surface area contributed by atoms with Gasteiger partial charge in [-0.3, -0.25) is 0 Å². The fraction of sp³-hybridized carbons (Fsp3) is 0.312. The first-order valence-corrected chi connectivity index (χ1v) is 7.82. The first-order valence-electron chi connectivity index (χ1n) is 7.06. The molecule has 0 bridgehead atoms. The molecule has 0 spiro atoms. The predicted molar refractivity (Wildman–Crippen MR) is 86.2 cm³/mol. The van der Waals surface area contributed by atoms with Crippen molar-refractivity contribution in [3.05, 3.63) is 46.2 Å². The summed E-state index contributed by atoms with van der Waals surface area (Å²) in [5, 5.41) is 0.166. The Bertz CT molecular complexity index is 756. The van der Waals surface area contributed by atoms with Gasteiger partial charge in [0.2, 0.25) is 0 Å². The molecular formula is C16H14Cl2F3NO2. The van der Waals surface area contributed by atoms with E-state index < -0.39 is 23.8 Å². The van der Waals surface area contributed by atoms with Gasteiger partial charge in [0.25, 0.3) is 0 Å². The van der Waals surface area contributed by atoms with Crippen molar-refractivity contribution in [3.63, 3.8) is 0 Å². The SMILES string of the molecule is CCOC(=O)C(C)n1cc(-c2cccc(Cl)c2Cl)c(C(F)(F)F)c1. The fourth-order valence-corrected chi connectivity index (χ4v) is 2.64. The summed E-state index contributed by atoms with van der Waals surface area (Å²) < 4.78 is 46.2. The lowest BCUT2D eigenvalue weighted by Crippen LogP contribution is -2.18. The highest BCUT2D eigenvalue weighted by molar-refractivity contribution is 6.43. The van der Waals surface area contributed by atoms with Gasteiger partial charge in [0.1, 0.15) is 6.04 Å². The maximum atomic E-state index is 13.4. The third kappa shape index (κ3) is 3.70. The Kier molecular flexibility index (Phi) is 5.50. The van der Waals surface area contributed by atoms with E-state index in [4.69, 9.17) is 27.9 Å². The van der Waals surface area contributed by atoms with E-state index in [2.05, 4.69) is 0 Å². The third-order valence-electron chi connectivity index (χ3n) is 3.47. The van der Waals surface area contributed by atoms with Gasteiger partial charge in [-0.05, 0) is 19.9 Å². The molecule has 0 aliphatic carbocycles. The Morgan fingerprint density at radius 3 is 2.50 bits per heavy atom. The van der Waals surface area contributed by atoms with Crippen LogP contribution in [-0.4, -0.2) is 17.1 Å². The average Bonchev–Trinajstić information content (AvgIpc) is 2.94. The summed E-state index contributed by atoms with van der Waals surface area (Å²) in [4.78, 5) is 11.8. The molecule has 0 N–H and O–H groups in total. The van der Waals surface area contributed by atoms with Crippen LogP contribution in [0.5, 0.6) is 0 Å². The number of hydrogen-bond donors (Lipinski definition) is 0. The smallest absolute Gasteiger partial charge is 0.418 e. The van der Waals surface area contributed by atoms with Crippen LogP contribution in [0, 0.1) is 0 Å². The second-order valence-corrected chi connectivity index (χ2v) is 5.85. The molecule has 24 heavy (non-hydrogen) atoms. The van der Waals surface area contributed by atoms with Crippen molar-refractivity contribution < 1.29 is 22.7 Å². The Morgan fingerprint density at radius 2 is 1.92 bits per heavy atom. The molecule has 0 radical (unpaired) electrons. The van der Waals surface area contributed by atoms with E-state index in [0.29, 0.717) is 0 Å². The minimum absolute atomic E-state index is 0.0196. The third-order valence-corrected chi connectivity index (χ3v) is 4.29. The Labute approximate surface area is 146 Å². The molecule has 0 saturated heterocycles. The number of benzene rings is 1. The van der Waals surface area contributed by atoms with E-state index in [1.54, 1.807) is 6.92 Å². The molecule has 0 aliphatic rings. The van der Waals surface area contributed by atoms with Crippen molar-refractivity contribution in [2.24, 2.45) is 0 Å². The molecule has 0 fully saturated rings. The summed E-state index contributed by atoms with van der Waals surface area (Å²) in [6.45, 7) is 3.23. The van der Waals surface area contributed by atoms with Crippen molar-refractivity contribution in [2.45, 2.75) is 26.1 Å². The van der Waals surface area contributed by atoms with Gasteiger partial charge in [0, 0.05) is 23.5 Å². The first-order chi connectivity index (χ1) is 11.2. The lowest BCUT2D eigenvalue weighted by atomic mass is 10.0. The minimum atomic E-state index is -4.61. The van der Waals surface area contributed by atoms with Gasteiger partial charge < -0.3 is 9.30 Å². The van der Waals surface area contributed by atoms with E-state index in [9.17, 15) is 18.0 Å². The fourth-order valence-electron chi connectivity index (χ4n) is 2.24. The number of halogens is 5. The molecule has 1 aromatic heterocycles. The van der Waals surface area contributed by atoms with Gasteiger partial charge in [-0.1, -0.05) is 35.3 Å². The highest BCUT2D eigenvalue weighted by Crippen LogP contribution is 2.42. The monoisotopic (exact) mass is 379 g/mol. The number of carbonyl (C=O) groups excluding carboxylic acids is 1. The summed E-state index contributed by atoms with van der Waals surface area (Å²) in [6.07, 6.45) is -2.52. The van der Waals surface area contributed by atoms with Crippen LogP contribution in [-0.2, 0) is 15.7 Å². The van der Waals surface area contributed by atoms with Gasteiger partial charge in [0.05, 0.1) is 22.2 Å². The van der Waals surface area contributed by atoms with Gasteiger partial charge in [-0.15, -0.1) is 0 Å². The van der Waals surface area contributed by atoms with Crippen LogP contribution in [0.3, 0.4) is 0 Å². The highest BCUT2D eigenvalue weighted by Gasteiger charge is 2.36. The van der Waals surface area contributed by atoms with Crippen LogP contribution in [0.25, 0.3) is 11.1 Å². The molecule has 130 valence electrons. The molecule has 2 aromatic rings. The molecule has 0 amide bonds. The van der Waals surface area contributed by atoms with Crippen LogP contribution in [0.4, 0.5) is 13.2 Å². The van der Waals surface area contributed by atoms with Gasteiger partial charge in [0.15, 0.2) is 0 Å². The van der Waals surface area contributed by atoms with Gasteiger partial charge >= 0.3 is 12.1 Å². The number of hydrogen-bond acceptors (Lipinski definition) is 2. The van der Waals surface area contributed by atoms with E-state index in [1.165, 1.54) is 31.3 Å². The summed E-state index contributed by atoms with van der Waals surface area (Å²) >= 11 is 11.9. The maximum Gasteiger partial charge on any atom is 0.418 e. The van der Waals surface area contributed by atoms with E-state index in [-0.39, 0.29) is 27.8 Å². The minimum Gasteiger partial charge on any atom is -0.464 e. The predicted octanol–water partition coefficient (Wildman–Crippen LogP) is 5.60. The van der Waals surface area contributed by atoms with Crippen molar-refractivity contribution >= 4 is 29.2 Å². The van der Waals surface area contributed by atoms with Crippen molar-refractivity contribution in [1.29, 1.82) is 0 Å². The Hall–Kier alpha value is -1.66. The standard InChI is InChI=1S/C16H14Cl2F3NO2/c1-3-24-15(23)9(2)22-7-11(12(8-22)16(19,20)21)10-5-4-6-13(17)14(10)18/h4-9H,3H2,1-2H3. The van der Waals surface area contributed by atoms with Crippen LogP contribution in [0.15, 0.2) is 30.6 Å². The molecule has 2 rings (SSSR count). The quantitative estimate of drug-likeness (QED) is 0.646. The molecule has 0 aliphatic heterocycles. The number of esters is 1. The lowest BCUT2D eigenvalue weighted by Gasteiger charge is -2.12. The average molecular weight is 380 g/mol. The second kappa shape index (κ2) is 7.07. The zero-order valence-electron chi connectivity index (χ0n) is 12.8. The summed E-state index contributed by atoms with van der Waals surface area (Å²) in [7, 11) is 0. The van der Waals surface area contributed by atoms with Crippen molar-refractivity contribution in [1.82, 2.24) is 4.57 Å². The van der Waals surface area contributed by atoms with Crippen LogP contribution in [0.2, 0.25) is 10.0 Å². The number of alkyl halides is 3. The molecule has 3 nitrogen and oxygen atoms in total. The molecule has 1 unspecified atom stereocenters. The van der Waals surface area contributed by atoms with Crippen molar-refractivity contribution in [3.8, 4) is 11.1 Å².